The molecular weight excluding hydrogens is 426 g/mol. The second-order valence-corrected chi connectivity index (χ2v) is 8.37. The zero-order valence-electron chi connectivity index (χ0n) is 17.4. The van der Waals surface area contributed by atoms with E-state index in [4.69, 9.17) is 10.5 Å². The Bertz CT molecular complexity index is 1430. The van der Waals surface area contributed by atoms with Gasteiger partial charge in [-0.2, -0.15) is 5.26 Å². The third kappa shape index (κ3) is 3.72. The van der Waals surface area contributed by atoms with Crippen LogP contribution in [0, 0.1) is 11.3 Å². The van der Waals surface area contributed by atoms with Gasteiger partial charge in [-0.3, -0.25) is 19.3 Å². The van der Waals surface area contributed by atoms with Crippen molar-refractivity contribution < 1.29 is 9.53 Å². The summed E-state index contributed by atoms with van der Waals surface area (Å²) in [7, 11) is 0. The highest BCUT2D eigenvalue weighted by atomic mass is 32.1. The maximum atomic E-state index is 13.2. The molecule has 0 aromatic carbocycles. The molecule has 3 aromatic heterocycles. The number of nitriles is 1. The number of hydrogen-bond donors (Lipinski definition) is 1. The number of nitrogens with zero attached hydrogens (tertiary/aromatic N) is 4. The van der Waals surface area contributed by atoms with Crippen LogP contribution in [0.5, 0.6) is 0 Å². The zero-order valence-corrected chi connectivity index (χ0v) is 18.2. The van der Waals surface area contributed by atoms with Crippen molar-refractivity contribution in [2.24, 2.45) is 5.73 Å². The van der Waals surface area contributed by atoms with Crippen molar-refractivity contribution in [3.8, 4) is 6.07 Å². The van der Waals surface area contributed by atoms with Crippen LogP contribution in [-0.4, -0.2) is 26.6 Å². The maximum absolute atomic E-state index is 13.2. The van der Waals surface area contributed by atoms with Gasteiger partial charge >= 0.3 is 5.97 Å². The average molecular weight is 446 g/mol. The van der Waals surface area contributed by atoms with E-state index in [1.807, 2.05) is 6.07 Å². The summed E-state index contributed by atoms with van der Waals surface area (Å²) in [4.78, 5) is 34.7. The Morgan fingerprint density at radius 1 is 1.28 bits per heavy atom. The quantitative estimate of drug-likeness (QED) is 0.596. The monoisotopic (exact) mass is 445 g/mol. The lowest BCUT2D eigenvalue weighted by Crippen LogP contribution is -2.40. The fourth-order valence-electron chi connectivity index (χ4n) is 3.51. The molecule has 4 rings (SSSR count). The molecule has 3 aromatic rings. The number of aromatic nitrogens is 3. The van der Waals surface area contributed by atoms with E-state index in [0.717, 1.165) is 16.9 Å². The second-order valence-electron chi connectivity index (χ2n) is 7.34. The highest BCUT2D eigenvalue weighted by molar-refractivity contribution is 7.07. The van der Waals surface area contributed by atoms with Gasteiger partial charge in [0.1, 0.15) is 10.5 Å². The molecule has 0 fully saturated rings. The minimum atomic E-state index is -0.802. The molecule has 8 nitrogen and oxygen atoms in total. The molecule has 1 aliphatic heterocycles. The Balaban J connectivity index is 2.10. The lowest BCUT2D eigenvalue weighted by atomic mass is 9.84. The van der Waals surface area contributed by atoms with E-state index in [9.17, 15) is 14.9 Å². The lowest BCUT2D eigenvalue weighted by Gasteiger charge is -2.25. The van der Waals surface area contributed by atoms with Crippen LogP contribution in [0.4, 0.5) is 0 Å². The molecule has 0 saturated heterocycles. The first-order valence-electron chi connectivity index (χ1n) is 9.81. The summed E-state index contributed by atoms with van der Waals surface area (Å²) in [5.74, 6) is -1.43. The lowest BCUT2D eigenvalue weighted by molar-refractivity contribution is -0.140. The second kappa shape index (κ2) is 8.61. The smallest absolute Gasteiger partial charge is 0.338 e. The molecule has 1 aliphatic rings. The number of pyridine rings is 2. The minimum absolute atomic E-state index is 0.00969. The average Bonchev–Trinajstić information content (AvgIpc) is 3.10. The standard InChI is InChI=1S/C23H19N5O3S/c1-13(2)31-23(30)19-18(15-6-4-8-27-12-15)16(10-24)20(25)28-21(29)17(32-22(19)28)9-14-5-3-7-26-11-14/h3-9,11-13,18H,25H2,1-2H3/b17-9+/t18-/m1/s1. The van der Waals surface area contributed by atoms with Crippen LogP contribution in [0.2, 0.25) is 0 Å². The van der Waals surface area contributed by atoms with Crippen LogP contribution in [0.15, 0.2) is 59.4 Å². The third-order valence-electron chi connectivity index (χ3n) is 4.83. The van der Waals surface area contributed by atoms with E-state index in [2.05, 4.69) is 16.0 Å². The van der Waals surface area contributed by atoms with E-state index >= 15 is 0 Å². The van der Waals surface area contributed by atoms with Gasteiger partial charge < -0.3 is 10.5 Å². The largest absolute Gasteiger partial charge is 0.460 e. The molecule has 0 radical (unpaired) electrons. The SMILES string of the molecule is CC(C)OC(=O)C1=c2s/c(=C/c3cccnc3)c(=O)n2C(N)=C(C#N)[C@H]1c1cccnc1. The minimum Gasteiger partial charge on any atom is -0.460 e. The predicted octanol–water partition coefficient (Wildman–Crippen LogP) is 1.08. The molecule has 0 saturated carbocycles. The number of nitrogens with two attached hydrogens (primary N) is 1. The Morgan fingerprint density at radius 3 is 2.59 bits per heavy atom. The molecule has 9 heteroatoms. The summed E-state index contributed by atoms with van der Waals surface area (Å²) in [6.45, 7) is 3.47. The van der Waals surface area contributed by atoms with Gasteiger partial charge in [-0.15, -0.1) is 11.3 Å². The molecule has 1 atom stereocenters. The van der Waals surface area contributed by atoms with Crippen LogP contribution in [0.25, 0.3) is 17.5 Å². The van der Waals surface area contributed by atoms with Gasteiger partial charge in [0.05, 0.1) is 33.8 Å². The summed E-state index contributed by atoms with van der Waals surface area (Å²) in [5, 5.41) is 9.93. The van der Waals surface area contributed by atoms with E-state index < -0.39 is 17.4 Å². The van der Waals surface area contributed by atoms with Gasteiger partial charge in [0, 0.05) is 24.8 Å². The van der Waals surface area contributed by atoms with E-state index in [1.165, 1.54) is 4.57 Å². The van der Waals surface area contributed by atoms with Gasteiger partial charge in [0.2, 0.25) is 0 Å². The van der Waals surface area contributed by atoms with Crippen LogP contribution < -0.4 is 20.5 Å². The number of rotatable bonds is 4. The van der Waals surface area contributed by atoms with Crippen molar-refractivity contribution in [1.29, 1.82) is 5.26 Å². The first-order chi connectivity index (χ1) is 15.4. The van der Waals surface area contributed by atoms with Crippen molar-refractivity contribution >= 4 is 34.8 Å². The van der Waals surface area contributed by atoms with E-state index in [1.54, 1.807) is 62.9 Å². The zero-order chi connectivity index (χ0) is 22.8. The summed E-state index contributed by atoms with van der Waals surface area (Å²) in [6, 6.07) is 9.13. The molecular formula is C23H19N5O3S. The van der Waals surface area contributed by atoms with Crippen LogP contribution >= 0.6 is 11.3 Å². The molecule has 0 amide bonds. The molecule has 0 bridgehead atoms. The first kappa shape index (κ1) is 21.2. The number of carbonyl (C=O) groups excluding carboxylic acids is 1. The highest BCUT2D eigenvalue weighted by Crippen LogP contribution is 2.36. The van der Waals surface area contributed by atoms with E-state index in [0.29, 0.717) is 14.8 Å². The van der Waals surface area contributed by atoms with Crippen molar-refractivity contribution in [1.82, 2.24) is 14.5 Å². The van der Waals surface area contributed by atoms with Gasteiger partial charge in [0.15, 0.2) is 0 Å². The number of thiazole rings is 1. The number of ether oxygens (including phenoxy) is 1. The van der Waals surface area contributed by atoms with Gasteiger partial charge in [-0.1, -0.05) is 12.1 Å². The van der Waals surface area contributed by atoms with Crippen LogP contribution in [-0.2, 0) is 9.53 Å². The molecule has 2 N–H and O–H groups in total. The number of esters is 1. The van der Waals surface area contributed by atoms with Gasteiger partial charge in [-0.05, 0) is 43.2 Å². The normalized spacial score (nSPS) is 16.1. The highest BCUT2D eigenvalue weighted by Gasteiger charge is 2.36. The summed E-state index contributed by atoms with van der Waals surface area (Å²) < 4.78 is 7.40. The molecule has 4 heterocycles. The maximum Gasteiger partial charge on any atom is 0.338 e. The topological polar surface area (TPSA) is 124 Å². The first-order valence-corrected chi connectivity index (χ1v) is 10.6. The van der Waals surface area contributed by atoms with Crippen LogP contribution in [0.3, 0.4) is 0 Å². The van der Waals surface area contributed by atoms with Crippen LogP contribution in [0.1, 0.15) is 30.9 Å². The predicted molar refractivity (Wildman–Crippen MR) is 120 cm³/mol. The Morgan fingerprint density at radius 2 is 2.00 bits per heavy atom. The van der Waals surface area contributed by atoms with Crippen molar-refractivity contribution in [2.75, 3.05) is 0 Å². The van der Waals surface area contributed by atoms with Crippen molar-refractivity contribution in [3.05, 3.63) is 85.3 Å². The Hall–Kier alpha value is -4.03. The Kier molecular flexibility index (Phi) is 5.71. The molecule has 0 spiro atoms. The Labute approximate surface area is 187 Å². The fourth-order valence-corrected chi connectivity index (χ4v) is 4.68. The number of carbonyl (C=O) groups is 1. The van der Waals surface area contributed by atoms with E-state index in [-0.39, 0.29) is 23.1 Å². The summed E-state index contributed by atoms with van der Waals surface area (Å²) in [5.41, 5.74) is 7.50. The van der Waals surface area contributed by atoms with Crippen molar-refractivity contribution in [2.45, 2.75) is 25.9 Å². The third-order valence-corrected chi connectivity index (χ3v) is 5.94. The number of fused-ring (bicyclic) bond motifs is 1. The summed E-state index contributed by atoms with van der Waals surface area (Å²) in [6.07, 6.45) is 7.71. The molecule has 32 heavy (non-hydrogen) atoms. The summed E-state index contributed by atoms with van der Waals surface area (Å²) >= 11 is 1.12. The number of hydrogen-bond acceptors (Lipinski definition) is 8. The number of allylic oxidation sites excluding steroid dienone is 1. The van der Waals surface area contributed by atoms with Crippen molar-refractivity contribution in [3.63, 3.8) is 0 Å². The molecule has 0 unspecified atom stereocenters. The van der Waals surface area contributed by atoms with Gasteiger partial charge in [0.25, 0.3) is 5.56 Å². The molecule has 160 valence electrons. The molecule has 0 aliphatic carbocycles. The van der Waals surface area contributed by atoms with Gasteiger partial charge in [-0.25, -0.2) is 4.79 Å². The fraction of sp³-hybridized carbons (Fsp3) is 0.174.